The summed E-state index contributed by atoms with van der Waals surface area (Å²) in [5, 5.41) is 4.01. The number of esters is 1. The third-order valence-corrected chi connectivity index (χ3v) is 3.58. The van der Waals surface area contributed by atoms with Crippen LogP contribution < -0.4 is 4.74 Å². The van der Waals surface area contributed by atoms with Gasteiger partial charge in [0.1, 0.15) is 25.0 Å². The lowest BCUT2D eigenvalue weighted by Gasteiger charge is -2.12. The summed E-state index contributed by atoms with van der Waals surface area (Å²) in [6.07, 6.45) is -7.65. The van der Waals surface area contributed by atoms with Gasteiger partial charge in [0, 0.05) is 11.8 Å². The molecule has 0 saturated heterocycles. The van der Waals surface area contributed by atoms with Gasteiger partial charge in [0.2, 0.25) is 5.76 Å². The van der Waals surface area contributed by atoms with Crippen LogP contribution in [-0.2, 0) is 27.4 Å². The van der Waals surface area contributed by atoms with Crippen LogP contribution in [0.5, 0.6) is 5.75 Å². The van der Waals surface area contributed by atoms with Gasteiger partial charge in [-0.15, -0.1) is 0 Å². The van der Waals surface area contributed by atoms with E-state index in [0.717, 1.165) is 5.56 Å². The molecule has 0 aliphatic heterocycles. The molecule has 1 heterocycles. The highest BCUT2D eigenvalue weighted by Crippen LogP contribution is 2.27. The highest BCUT2D eigenvalue weighted by Gasteiger charge is 2.36. The molecule has 0 saturated carbocycles. The van der Waals surface area contributed by atoms with Crippen molar-refractivity contribution in [2.75, 3.05) is 6.61 Å². The molecule has 0 aliphatic carbocycles. The van der Waals surface area contributed by atoms with Crippen LogP contribution in [0, 0.1) is 0 Å². The van der Waals surface area contributed by atoms with Crippen LogP contribution in [0.2, 0.25) is 0 Å². The summed E-state index contributed by atoms with van der Waals surface area (Å²) in [6.45, 7) is 1.16. The third kappa shape index (κ3) is 8.60. The molecule has 170 valence electrons. The molecule has 0 aliphatic rings. The number of alkyl halides is 6. The van der Waals surface area contributed by atoms with Crippen molar-refractivity contribution in [2.45, 2.75) is 38.8 Å². The molecule has 0 fully saturated rings. The molecule has 0 N–H and O–H groups in total. The second-order valence-corrected chi connectivity index (χ2v) is 6.17. The summed E-state index contributed by atoms with van der Waals surface area (Å²) in [5.74, 6) is -2.48. The summed E-state index contributed by atoms with van der Waals surface area (Å²) in [5.41, 5.74) is 1.12. The number of hydrogen-bond donors (Lipinski definition) is 0. The van der Waals surface area contributed by atoms with Crippen LogP contribution in [-0.4, -0.2) is 34.7 Å². The van der Waals surface area contributed by atoms with Crippen molar-refractivity contribution in [2.24, 2.45) is 0 Å². The van der Waals surface area contributed by atoms with Gasteiger partial charge >= 0.3 is 18.3 Å². The Kier molecular flexibility index (Phi) is 7.95. The van der Waals surface area contributed by atoms with E-state index >= 15 is 0 Å². The predicted octanol–water partition coefficient (Wildman–Crippen LogP) is 4.75. The fourth-order valence-corrected chi connectivity index (χ4v) is 2.27. The summed E-state index contributed by atoms with van der Waals surface area (Å²) in [7, 11) is 0. The average Bonchev–Trinajstić information content (AvgIpc) is 3.10. The molecule has 2 rings (SSSR count). The Bertz CT molecular complexity index is 888. The maximum atomic E-state index is 12.7. The number of nitrogens with zero attached hydrogens (tertiary/aromatic N) is 2. The third-order valence-electron chi connectivity index (χ3n) is 3.58. The topological polar surface area (TPSA) is 62.6 Å². The average molecular weight is 452 g/mol. The Labute approximate surface area is 173 Å². The SMILES string of the molecule is CCO/C(=C\Oc1ccc(Cn2cc(COC(=O)CC(F)(F)F)cn2)cc1)C(F)(F)F. The number of carbonyl (C=O) groups is 1. The van der Waals surface area contributed by atoms with Crippen molar-refractivity contribution in [3.8, 4) is 5.75 Å². The summed E-state index contributed by atoms with van der Waals surface area (Å²) >= 11 is 0. The molecule has 31 heavy (non-hydrogen) atoms. The molecule has 0 amide bonds. The predicted molar refractivity (Wildman–Crippen MR) is 94.6 cm³/mol. The lowest BCUT2D eigenvalue weighted by atomic mass is 10.2. The van der Waals surface area contributed by atoms with E-state index in [1.54, 1.807) is 12.1 Å². The fourth-order valence-electron chi connectivity index (χ4n) is 2.27. The summed E-state index contributed by atoms with van der Waals surface area (Å²) in [6, 6.07) is 6.11. The van der Waals surface area contributed by atoms with Gasteiger partial charge in [-0.25, -0.2) is 0 Å². The molecule has 0 radical (unpaired) electrons. The van der Waals surface area contributed by atoms with Crippen LogP contribution in [0.15, 0.2) is 48.7 Å². The normalized spacial score (nSPS) is 12.5. The van der Waals surface area contributed by atoms with Crippen molar-refractivity contribution in [3.05, 3.63) is 59.8 Å². The number of halogens is 6. The van der Waals surface area contributed by atoms with Gasteiger partial charge in [0.15, 0.2) is 0 Å². The second kappa shape index (κ2) is 10.2. The maximum Gasteiger partial charge on any atom is 0.452 e. The maximum absolute atomic E-state index is 12.7. The van der Waals surface area contributed by atoms with Gasteiger partial charge in [-0.05, 0) is 24.6 Å². The van der Waals surface area contributed by atoms with E-state index < -0.39 is 30.5 Å². The number of rotatable bonds is 9. The molecule has 2 aromatic rings. The van der Waals surface area contributed by atoms with Gasteiger partial charge in [-0.3, -0.25) is 9.48 Å². The van der Waals surface area contributed by atoms with Crippen molar-refractivity contribution in [1.29, 1.82) is 0 Å². The Morgan fingerprint density at radius 2 is 1.74 bits per heavy atom. The molecule has 6 nitrogen and oxygen atoms in total. The molecule has 0 spiro atoms. The smallest absolute Gasteiger partial charge is 0.452 e. The van der Waals surface area contributed by atoms with Gasteiger partial charge in [-0.2, -0.15) is 31.4 Å². The Morgan fingerprint density at radius 3 is 2.32 bits per heavy atom. The quantitative estimate of drug-likeness (QED) is 0.312. The largest absolute Gasteiger partial charge is 0.487 e. The molecular weight excluding hydrogens is 434 g/mol. The summed E-state index contributed by atoms with van der Waals surface area (Å²) in [4.78, 5) is 11.1. The second-order valence-electron chi connectivity index (χ2n) is 6.17. The number of ether oxygens (including phenoxy) is 3. The molecule has 0 atom stereocenters. The van der Waals surface area contributed by atoms with Crippen molar-refractivity contribution in [3.63, 3.8) is 0 Å². The van der Waals surface area contributed by atoms with Crippen molar-refractivity contribution < 1.29 is 45.3 Å². The van der Waals surface area contributed by atoms with E-state index in [-0.39, 0.29) is 25.5 Å². The number of allylic oxidation sites excluding steroid dienone is 1. The van der Waals surface area contributed by atoms with Crippen molar-refractivity contribution >= 4 is 5.97 Å². The van der Waals surface area contributed by atoms with Gasteiger partial charge in [-0.1, -0.05) is 12.1 Å². The number of aromatic nitrogens is 2. The minimum atomic E-state index is -4.67. The molecule has 0 unspecified atom stereocenters. The van der Waals surface area contributed by atoms with Gasteiger partial charge in [0.25, 0.3) is 0 Å². The first kappa shape index (κ1) is 24.1. The van der Waals surface area contributed by atoms with E-state index in [0.29, 0.717) is 11.8 Å². The van der Waals surface area contributed by atoms with Crippen LogP contribution in [0.1, 0.15) is 24.5 Å². The zero-order chi connectivity index (χ0) is 23.1. The molecule has 1 aromatic heterocycles. The highest BCUT2D eigenvalue weighted by atomic mass is 19.4. The van der Waals surface area contributed by atoms with Crippen LogP contribution in [0.4, 0.5) is 26.3 Å². The Hall–Kier alpha value is -3.18. The lowest BCUT2D eigenvalue weighted by molar-refractivity contribution is -0.172. The monoisotopic (exact) mass is 452 g/mol. The molecule has 0 bridgehead atoms. The minimum absolute atomic E-state index is 0.155. The zero-order valence-corrected chi connectivity index (χ0v) is 16.2. The first-order valence-corrected chi connectivity index (χ1v) is 8.85. The minimum Gasteiger partial charge on any atom is -0.487 e. The van der Waals surface area contributed by atoms with Gasteiger partial charge in [0.05, 0.1) is 19.3 Å². The molecule has 1 aromatic carbocycles. The van der Waals surface area contributed by atoms with Gasteiger partial charge < -0.3 is 14.2 Å². The summed E-state index contributed by atoms with van der Waals surface area (Å²) < 4.78 is 90.0. The lowest BCUT2D eigenvalue weighted by Crippen LogP contribution is -2.16. The van der Waals surface area contributed by atoms with E-state index in [4.69, 9.17) is 4.74 Å². The Balaban J connectivity index is 1.90. The highest BCUT2D eigenvalue weighted by molar-refractivity contribution is 5.70. The first-order chi connectivity index (χ1) is 14.5. The standard InChI is InChI=1S/C19H18F6N2O4/c1-2-29-16(19(23,24)25)12-30-15-5-3-13(4-6-15)9-27-10-14(8-26-27)11-31-17(28)7-18(20,21)22/h3-6,8,10,12H,2,7,9,11H2,1H3/b16-12-. The molecule has 12 heteroatoms. The number of hydrogen-bond acceptors (Lipinski definition) is 5. The van der Waals surface area contributed by atoms with E-state index in [2.05, 4.69) is 14.6 Å². The fraction of sp³-hybridized carbons (Fsp3) is 0.368. The van der Waals surface area contributed by atoms with Crippen LogP contribution in [0.25, 0.3) is 0 Å². The van der Waals surface area contributed by atoms with Crippen LogP contribution in [0.3, 0.4) is 0 Å². The van der Waals surface area contributed by atoms with E-state index in [1.807, 2.05) is 0 Å². The number of carbonyl (C=O) groups excluding carboxylic acids is 1. The molecular formula is C19H18F6N2O4. The van der Waals surface area contributed by atoms with Crippen molar-refractivity contribution in [1.82, 2.24) is 9.78 Å². The van der Waals surface area contributed by atoms with E-state index in [9.17, 15) is 31.1 Å². The number of benzene rings is 1. The zero-order valence-electron chi connectivity index (χ0n) is 16.2. The first-order valence-electron chi connectivity index (χ1n) is 8.85. The van der Waals surface area contributed by atoms with Crippen LogP contribution >= 0.6 is 0 Å². The van der Waals surface area contributed by atoms with E-state index in [1.165, 1.54) is 36.1 Å². The Morgan fingerprint density at radius 1 is 1.06 bits per heavy atom.